The maximum absolute atomic E-state index is 11.8. The highest BCUT2D eigenvalue weighted by atomic mass is 35.5. The van der Waals surface area contributed by atoms with E-state index in [4.69, 9.17) is 11.6 Å². The van der Waals surface area contributed by atoms with Crippen molar-refractivity contribution in [2.75, 3.05) is 11.1 Å². The van der Waals surface area contributed by atoms with E-state index >= 15 is 0 Å². The van der Waals surface area contributed by atoms with Gasteiger partial charge in [0.05, 0.1) is 11.4 Å². The van der Waals surface area contributed by atoms with E-state index in [-0.39, 0.29) is 11.7 Å². The third kappa shape index (κ3) is 3.59. The quantitative estimate of drug-likeness (QED) is 0.699. The fourth-order valence-corrected chi connectivity index (χ4v) is 2.80. The Morgan fingerprint density at radius 3 is 2.86 bits per heavy atom. The first kappa shape index (κ1) is 14.9. The van der Waals surface area contributed by atoms with Gasteiger partial charge in [-0.1, -0.05) is 34.7 Å². The highest BCUT2D eigenvalue weighted by Gasteiger charge is 2.12. The minimum atomic E-state index is -0.201. The van der Waals surface area contributed by atoms with Crippen LogP contribution in [0, 0.1) is 0 Å². The van der Waals surface area contributed by atoms with Crippen molar-refractivity contribution in [1.82, 2.24) is 30.4 Å². The average molecular weight is 354 g/mol. The number of hydrogen-bond donors (Lipinski definition) is 1. The molecule has 0 aliphatic rings. The Morgan fingerprint density at radius 1 is 1.32 bits per heavy atom. The second kappa shape index (κ2) is 6.81. The maximum Gasteiger partial charge on any atom is 0.236 e. The first-order chi connectivity index (χ1) is 10.7. The van der Waals surface area contributed by atoms with Gasteiger partial charge in [0.25, 0.3) is 0 Å². The van der Waals surface area contributed by atoms with Crippen LogP contribution in [-0.2, 0) is 4.79 Å². The smallest absolute Gasteiger partial charge is 0.236 e. The van der Waals surface area contributed by atoms with Gasteiger partial charge in [-0.05, 0) is 34.7 Å². The lowest BCUT2D eigenvalue weighted by atomic mass is 10.3. The monoisotopic (exact) mass is 353 g/mol. The lowest BCUT2D eigenvalue weighted by Gasteiger charge is -2.04. The standard InChI is InChI=1S/C11H8ClN7OS2/c12-7-1-3-8(4-2-7)19-11(16-17-18-19)21-5-9(20)14-10-15-13-6-22-10/h1-4,6H,5H2,(H,14,15,20). The second-order valence-electron chi connectivity index (χ2n) is 3.93. The third-order valence-corrected chi connectivity index (χ3v) is 4.23. The molecule has 11 heteroatoms. The van der Waals surface area contributed by atoms with Crippen LogP contribution in [0.15, 0.2) is 34.9 Å². The average Bonchev–Trinajstić information content (AvgIpc) is 3.17. The van der Waals surface area contributed by atoms with Gasteiger partial charge in [0.15, 0.2) is 0 Å². The summed E-state index contributed by atoms with van der Waals surface area (Å²) < 4.78 is 1.54. The van der Waals surface area contributed by atoms with E-state index in [1.165, 1.54) is 23.1 Å². The Labute approximate surface area is 137 Å². The zero-order chi connectivity index (χ0) is 15.4. The molecule has 0 spiro atoms. The summed E-state index contributed by atoms with van der Waals surface area (Å²) in [5.41, 5.74) is 2.31. The minimum absolute atomic E-state index is 0.160. The number of aromatic nitrogens is 6. The summed E-state index contributed by atoms with van der Waals surface area (Å²) in [4.78, 5) is 11.8. The summed E-state index contributed by atoms with van der Waals surface area (Å²) in [5, 5.41) is 23.1. The largest absolute Gasteiger partial charge is 0.300 e. The van der Waals surface area contributed by atoms with Gasteiger partial charge in [0, 0.05) is 5.02 Å². The van der Waals surface area contributed by atoms with Crippen LogP contribution in [-0.4, -0.2) is 42.1 Å². The summed E-state index contributed by atoms with van der Waals surface area (Å²) in [6.45, 7) is 0. The van der Waals surface area contributed by atoms with E-state index in [1.54, 1.807) is 34.5 Å². The lowest BCUT2D eigenvalue weighted by Crippen LogP contribution is -2.14. The molecule has 0 radical (unpaired) electrons. The first-order valence-corrected chi connectivity index (χ1v) is 8.20. The van der Waals surface area contributed by atoms with Gasteiger partial charge < -0.3 is 0 Å². The molecule has 0 unspecified atom stereocenters. The summed E-state index contributed by atoms with van der Waals surface area (Å²) in [5.74, 6) is -0.0412. The maximum atomic E-state index is 11.8. The van der Waals surface area contributed by atoms with Crippen LogP contribution in [0.4, 0.5) is 5.13 Å². The van der Waals surface area contributed by atoms with Crippen LogP contribution in [0.25, 0.3) is 5.69 Å². The third-order valence-electron chi connectivity index (χ3n) is 2.45. The fraction of sp³-hybridized carbons (Fsp3) is 0.0909. The number of benzene rings is 1. The highest BCUT2D eigenvalue weighted by molar-refractivity contribution is 7.99. The van der Waals surface area contributed by atoms with Gasteiger partial charge in [0.2, 0.25) is 16.2 Å². The van der Waals surface area contributed by atoms with Crippen molar-refractivity contribution in [2.24, 2.45) is 0 Å². The number of amides is 1. The molecule has 0 aliphatic carbocycles. The first-order valence-electron chi connectivity index (χ1n) is 5.95. The molecular weight excluding hydrogens is 346 g/mol. The molecule has 0 fully saturated rings. The van der Waals surface area contributed by atoms with Crippen LogP contribution in [0.2, 0.25) is 5.02 Å². The molecule has 1 aromatic carbocycles. The minimum Gasteiger partial charge on any atom is -0.300 e. The van der Waals surface area contributed by atoms with Gasteiger partial charge in [-0.2, -0.15) is 4.68 Å². The fourth-order valence-electron chi connectivity index (χ4n) is 1.53. The Bertz CT molecular complexity index is 759. The van der Waals surface area contributed by atoms with Crippen molar-refractivity contribution in [3.05, 3.63) is 34.8 Å². The summed E-state index contributed by atoms with van der Waals surface area (Å²) in [6, 6.07) is 7.08. The van der Waals surface area contributed by atoms with E-state index in [2.05, 4.69) is 31.0 Å². The van der Waals surface area contributed by atoms with E-state index < -0.39 is 0 Å². The number of nitrogens with one attached hydrogen (secondary N) is 1. The Balaban J connectivity index is 1.65. The predicted molar refractivity (Wildman–Crippen MR) is 83.4 cm³/mol. The van der Waals surface area contributed by atoms with Crippen molar-refractivity contribution in [1.29, 1.82) is 0 Å². The molecule has 0 bridgehead atoms. The molecule has 3 aromatic rings. The molecule has 0 aliphatic heterocycles. The van der Waals surface area contributed by atoms with Crippen molar-refractivity contribution in [2.45, 2.75) is 5.16 Å². The Hall–Kier alpha value is -2.04. The highest BCUT2D eigenvalue weighted by Crippen LogP contribution is 2.20. The Morgan fingerprint density at radius 2 is 2.14 bits per heavy atom. The number of nitrogens with zero attached hydrogens (tertiary/aromatic N) is 6. The summed E-state index contributed by atoms with van der Waals surface area (Å²) in [6.07, 6.45) is 0. The molecule has 0 saturated carbocycles. The molecule has 0 atom stereocenters. The van der Waals surface area contributed by atoms with Crippen LogP contribution >= 0.6 is 34.7 Å². The zero-order valence-corrected chi connectivity index (χ0v) is 13.3. The van der Waals surface area contributed by atoms with E-state index in [1.807, 2.05) is 0 Å². The molecule has 22 heavy (non-hydrogen) atoms. The van der Waals surface area contributed by atoms with Crippen molar-refractivity contribution in [3.8, 4) is 5.69 Å². The second-order valence-corrected chi connectivity index (χ2v) is 6.14. The molecule has 8 nitrogen and oxygen atoms in total. The Kier molecular flexibility index (Phi) is 4.61. The van der Waals surface area contributed by atoms with Crippen LogP contribution in [0.5, 0.6) is 0 Å². The van der Waals surface area contributed by atoms with Crippen molar-refractivity contribution < 1.29 is 4.79 Å². The van der Waals surface area contributed by atoms with Gasteiger partial charge in [-0.25, -0.2) is 0 Å². The van der Waals surface area contributed by atoms with Crippen LogP contribution in [0.3, 0.4) is 0 Å². The normalized spacial score (nSPS) is 10.6. The van der Waals surface area contributed by atoms with Gasteiger partial charge in [0.1, 0.15) is 5.51 Å². The predicted octanol–water partition coefficient (Wildman–Crippen LogP) is 1.90. The number of anilines is 1. The van der Waals surface area contributed by atoms with E-state index in [0.717, 1.165) is 5.69 Å². The number of hydrogen-bond acceptors (Lipinski definition) is 8. The van der Waals surface area contributed by atoms with Gasteiger partial charge in [-0.3, -0.25) is 10.1 Å². The van der Waals surface area contributed by atoms with Crippen molar-refractivity contribution >= 4 is 45.7 Å². The molecule has 1 amide bonds. The topological polar surface area (TPSA) is 98.5 Å². The number of carbonyl (C=O) groups is 1. The van der Waals surface area contributed by atoms with Crippen LogP contribution < -0.4 is 5.32 Å². The molecule has 2 aromatic heterocycles. The molecule has 112 valence electrons. The summed E-state index contributed by atoms with van der Waals surface area (Å²) >= 11 is 8.33. The van der Waals surface area contributed by atoms with Gasteiger partial charge >= 0.3 is 0 Å². The molecule has 0 saturated heterocycles. The number of thioether (sulfide) groups is 1. The SMILES string of the molecule is O=C(CSc1nnnn1-c1ccc(Cl)cc1)Nc1nncs1. The van der Waals surface area contributed by atoms with Gasteiger partial charge in [-0.15, -0.1) is 15.3 Å². The molecule has 1 N–H and O–H groups in total. The number of tetrazole rings is 1. The molecule has 2 heterocycles. The van der Waals surface area contributed by atoms with E-state index in [0.29, 0.717) is 15.3 Å². The lowest BCUT2D eigenvalue weighted by molar-refractivity contribution is -0.113. The van der Waals surface area contributed by atoms with E-state index in [9.17, 15) is 4.79 Å². The summed E-state index contributed by atoms with van der Waals surface area (Å²) in [7, 11) is 0. The molecular formula is C11H8ClN7OS2. The number of carbonyl (C=O) groups excluding carboxylic acids is 1. The number of rotatable bonds is 5. The zero-order valence-electron chi connectivity index (χ0n) is 10.9. The van der Waals surface area contributed by atoms with Crippen molar-refractivity contribution in [3.63, 3.8) is 0 Å². The molecule has 3 rings (SSSR count). The van der Waals surface area contributed by atoms with Crippen LogP contribution in [0.1, 0.15) is 0 Å². The number of halogens is 1.